The van der Waals surface area contributed by atoms with E-state index in [2.05, 4.69) is 85.7 Å². The lowest BCUT2D eigenvalue weighted by molar-refractivity contribution is 0.822. The van der Waals surface area contributed by atoms with Crippen molar-refractivity contribution in [2.45, 2.75) is 101 Å². The Kier molecular flexibility index (Phi) is 20.1. The molecule has 5 aromatic rings. The van der Waals surface area contributed by atoms with Crippen LogP contribution in [0.1, 0.15) is 118 Å². The highest BCUT2D eigenvalue weighted by Crippen LogP contribution is 2.17. The fourth-order valence-corrected chi connectivity index (χ4v) is 3.37. The van der Waals surface area contributed by atoms with E-state index in [0.29, 0.717) is 17.8 Å². The van der Waals surface area contributed by atoms with Crippen LogP contribution in [-0.2, 0) is 0 Å². The van der Waals surface area contributed by atoms with E-state index in [9.17, 15) is 0 Å². The van der Waals surface area contributed by atoms with Gasteiger partial charge < -0.3 is 0 Å². The summed E-state index contributed by atoms with van der Waals surface area (Å²) in [7, 11) is 0. The van der Waals surface area contributed by atoms with Crippen LogP contribution in [0.5, 0.6) is 0 Å². The molecule has 3 aromatic heterocycles. The molecule has 0 spiro atoms. The molecule has 0 unspecified atom stereocenters. The summed E-state index contributed by atoms with van der Waals surface area (Å²) in [5.41, 5.74) is 6.42. The zero-order chi connectivity index (χ0) is 31.2. The summed E-state index contributed by atoms with van der Waals surface area (Å²) in [6.45, 7) is 24.9. The average molecular weight is 555 g/mol. The van der Waals surface area contributed by atoms with Crippen molar-refractivity contribution in [3.8, 4) is 0 Å². The number of fused-ring (bicyclic) bond motifs is 2. The van der Waals surface area contributed by atoms with Gasteiger partial charge in [0.25, 0.3) is 0 Å². The molecule has 0 N–H and O–H groups in total. The number of rotatable bonds is 3. The zero-order valence-corrected chi connectivity index (χ0v) is 27.7. The summed E-state index contributed by atoms with van der Waals surface area (Å²) in [6.07, 6.45) is 3.68. The zero-order valence-electron chi connectivity index (χ0n) is 27.7. The summed E-state index contributed by atoms with van der Waals surface area (Å²) in [6, 6.07) is 26.4. The van der Waals surface area contributed by atoms with Gasteiger partial charge in [-0.1, -0.05) is 126 Å². The first kappa shape index (κ1) is 37.3. The van der Waals surface area contributed by atoms with Crippen molar-refractivity contribution in [3.05, 3.63) is 108 Å². The third-order valence-corrected chi connectivity index (χ3v) is 5.55. The summed E-state index contributed by atoms with van der Waals surface area (Å²) >= 11 is 0. The topological polar surface area (TPSA) is 51.6 Å². The molecule has 3 heterocycles. The Bertz CT molecular complexity index is 1250. The lowest BCUT2D eigenvalue weighted by Gasteiger charge is -2.04. The SMILES string of the molecule is CC.CC.CC.CC(C)c1ccc2ccccc2n1.CC(C)c1ccccn1.CC(C)c1cnc2ccccc2n1. The van der Waals surface area contributed by atoms with Crippen molar-refractivity contribution in [3.63, 3.8) is 0 Å². The normalized spacial score (nSPS) is 9.63. The van der Waals surface area contributed by atoms with Crippen LogP contribution in [0.3, 0.4) is 0 Å². The largest absolute Gasteiger partial charge is 0.261 e. The molecule has 4 nitrogen and oxygen atoms in total. The van der Waals surface area contributed by atoms with E-state index >= 15 is 0 Å². The Morgan fingerprint density at radius 2 is 0.902 bits per heavy atom. The molecule has 0 fully saturated rings. The van der Waals surface area contributed by atoms with Gasteiger partial charge in [-0.2, -0.15) is 0 Å². The Hall–Kier alpha value is -3.66. The molecule has 5 rings (SSSR count). The fraction of sp³-hybridized carbons (Fsp3) is 0.405. The van der Waals surface area contributed by atoms with Crippen molar-refractivity contribution in [2.24, 2.45) is 0 Å². The Balaban J connectivity index is 0.000000543. The van der Waals surface area contributed by atoms with Gasteiger partial charge in [-0.05, 0) is 54.2 Å². The van der Waals surface area contributed by atoms with Crippen LogP contribution in [0.15, 0.2) is 91.3 Å². The van der Waals surface area contributed by atoms with Crippen LogP contribution in [0, 0.1) is 0 Å². The molecule has 0 saturated heterocycles. The van der Waals surface area contributed by atoms with Gasteiger partial charge >= 0.3 is 0 Å². The minimum atomic E-state index is 0.442. The quantitative estimate of drug-likeness (QED) is 0.222. The molecule has 2 aromatic carbocycles. The van der Waals surface area contributed by atoms with Gasteiger partial charge in [0.05, 0.1) is 22.2 Å². The van der Waals surface area contributed by atoms with Gasteiger partial charge in [0.15, 0.2) is 0 Å². The Morgan fingerprint density at radius 3 is 1.41 bits per heavy atom. The Morgan fingerprint density at radius 1 is 0.415 bits per heavy atom. The van der Waals surface area contributed by atoms with Crippen molar-refractivity contribution in [2.75, 3.05) is 0 Å². The number of para-hydroxylation sites is 3. The van der Waals surface area contributed by atoms with E-state index in [0.717, 1.165) is 27.9 Å². The second-order valence-corrected chi connectivity index (χ2v) is 9.43. The fourth-order valence-electron chi connectivity index (χ4n) is 3.37. The molecular weight excluding hydrogens is 500 g/mol. The van der Waals surface area contributed by atoms with E-state index in [4.69, 9.17) is 0 Å². The average Bonchev–Trinajstić information content (AvgIpc) is 3.04. The molecule has 0 bridgehead atoms. The van der Waals surface area contributed by atoms with Gasteiger partial charge in [-0.3, -0.25) is 15.0 Å². The van der Waals surface area contributed by atoms with E-state index < -0.39 is 0 Å². The van der Waals surface area contributed by atoms with Gasteiger partial charge in [0.2, 0.25) is 0 Å². The third kappa shape index (κ3) is 13.5. The van der Waals surface area contributed by atoms with Crippen LogP contribution >= 0.6 is 0 Å². The lowest BCUT2D eigenvalue weighted by atomic mass is 10.1. The predicted molar refractivity (Wildman–Crippen MR) is 182 cm³/mol. The van der Waals surface area contributed by atoms with E-state index in [1.807, 2.05) is 109 Å². The molecule has 0 aliphatic carbocycles. The second kappa shape index (κ2) is 22.1. The molecule has 4 heteroatoms. The molecule has 0 atom stereocenters. The van der Waals surface area contributed by atoms with Crippen molar-refractivity contribution >= 4 is 21.9 Å². The van der Waals surface area contributed by atoms with Gasteiger partial charge in [0, 0.05) is 29.2 Å². The summed E-state index contributed by atoms with van der Waals surface area (Å²) in [5, 5.41) is 1.21. The number of pyridine rings is 2. The first-order chi connectivity index (χ1) is 19.8. The highest BCUT2D eigenvalue weighted by atomic mass is 14.8. The molecule has 0 aliphatic heterocycles. The van der Waals surface area contributed by atoms with E-state index in [1.165, 1.54) is 11.1 Å². The summed E-state index contributed by atoms with van der Waals surface area (Å²) in [4.78, 5) is 17.6. The maximum Gasteiger partial charge on any atom is 0.0890 e. The summed E-state index contributed by atoms with van der Waals surface area (Å²) in [5.74, 6) is 1.49. The first-order valence-corrected chi connectivity index (χ1v) is 15.3. The van der Waals surface area contributed by atoms with Crippen LogP contribution in [0.2, 0.25) is 0 Å². The number of hydrogen-bond donors (Lipinski definition) is 0. The van der Waals surface area contributed by atoms with Crippen molar-refractivity contribution < 1.29 is 0 Å². The molecule has 222 valence electrons. The minimum absolute atomic E-state index is 0.442. The maximum absolute atomic E-state index is 4.57. The highest BCUT2D eigenvalue weighted by Gasteiger charge is 2.02. The van der Waals surface area contributed by atoms with Crippen LogP contribution in [-0.4, -0.2) is 19.9 Å². The predicted octanol–water partition coefficient (Wildman–Crippen LogP) is 11.4. The monoisotopic (exact) mass is 554 g/mol. The maximum atomic E-state index is 4.57. The smallest absolute Gasteiger partial charge is 0.0890 e. The molecular formula is C37H54N4. The first-order valence-electron chi connectivity index (χ1n) is 15.3. The third-order valence-electron chi connectivity index (χ3n) is 5.55. The van der Waals surface area contributed by atoms with Crippen LogP contribution in [0.25, 0.3) is 21.9 Å². The second-order valence-electron chi connectivity index (χ2n) is 9.43. The Labute approximate surface area is 250 Å². The lowest BCUT2D eigenvalue weighted by Crippen LogP contribution is -1.94. The van der Waals surface area contributed by atoms with Gasteiger partial charge in [-0.25, -0.2) is 4.98 Å². The van der Waals surface area contributed by atoms with Crippen molar-refractivity contribution in [1.29, 1.82) is 0 Å². The number of benzene rings is 2. The highest BCUT2D eigenvalue weighted by molar-refractivity contribution is 5.78. The number of nitrogens with zero attached hydrogens (tertiary/aromatic N) is 4. The number of aromatic nitrogens is 4. The summed E-state index contributed by atoms with van der Waals surface area (Å²) < 4.78 is 0. The molecule has 0 radical (unpaired) electrons. The minimum Gasteiger partial charge on any atom is -0.261 e. The van der Waals surface area contributed by atoms with Gasteiger partial charge in [0.1, 0.15) is 0 Å². The molecule has 0 amide bonds. The van der Waals surface area contributed by atoms with Crippen LogP contribution < -0.4 is 0 Å². The standard InChI is InChI=1S/C12H13N.C11H12N2.C8H11N.3C2H6/c1-9(2)11-8-7-10-5-3-4-6-12(10)13-11;1-8(2)11-7-12-9-5-3-4-6-10(9)13-11;1-7(2)8-5-3-4-6-9-8;3*1-2/h3-9H,1-2H3;3-8H,1-2H3;3-7H,1-2H3;3*1-2H3. The number of hydrogen-bond acceptors (Lipinski definition) is 4. The van der Waals surface area contributed by atoms with Crippen molar-refractivity contribution in [1.82, 2.24) is 19.9 Å². The van der Waals surface area contributed by atoms with E-state index in [-0.39, 0.29) is 0 Å². The molecule has 0 aliphatic rings. The van der Waals surface area contributed by atoms with Gasteiger partial charge in [-0.15, -0.1) is 0 Å². The van der Waals surface area contributed by atoms with E-state index in [1.54, 1.807) is 0 Å². The molecule has 0 saturated carbocycles. The molecule has 41 heavy (non-hydrogen) atoms. The van der Waals surface area contributed by atoms with Crippen LogP contribution in [0.4, 0.5) is 0 Å².